The SMILES string of the molecule is CN1CCN(C(=O)c2cc3cc(Cc4nccc(-c5cc(OC6CCCC(O)C6)ccn5)n4)ccc3[nH]2)CC1.CN1CCN(C(=O)c2cc3cc(Cc4nccc(-c5cc(OCCN6CCCC6=O)ccn5)n4)ccc3[nH]2)CC1.CN1CCN(C(=O)c2cc3cc(Cc4nccc(-c5cc(OCCN6CCOCC6)ccn5)n4)ccc3[nH]2)CC1. The molecule has 0 bridgehead atoms. The highest BCUT2D eigenvalue weighted by Gasteiger charge is 2.28. The number of aliphatic hydroxyl groups excluding tert-OH is 1. The molecule has 1 saturated carbocycles. The highest BCUT2D eigenvalue weighted by molar-refractivity contribution is 6.00. The third kappa shape index (κ3) is 21.1. The minimum absolute atomic E-state index is 0.0191. The zero-order valence-electron chi connectivity index (χ0n) is 67.8. The quantitative estimate of drug-likeness (QED) is 0.0491. The van der Waals surface area contributed by atoms with Crippen LogP contribution < -0.4 is 14.2 Å². The van der Waals surface area contributed by atoms with Crippen molar-refractivity contribution < 1.29 is 43.2 Å². The molecule has 2 unspecified atom stereocenters. The lowest BCUT2D eigenvalue weighted by Crippen LogP contribution is -2.47. The van der Waals surface area contributed by atoms with Gasteiger partial charge >= 0.3 is 0 Å². The van der Waals surface area contributed by atoms with Crippen molar-refractivity contribution in [1.82, 2.24) is 99.0 Å². The molecule has 6 aliphatic rings. The van der Waals surface area contributed by atoms with E-state index in [0.29, 0.717) is 104 Å². The molecule has 9 aromatic heterocycles. The van der Waals surface area contributed by atoms with E-state index in [1.165, 1.54) is 0 Å². The number of likely N-dealkylation sites (N-methyl/N-ethyl adjacent to an activating group) is 3. The van der Waals surface area contributed by atoms with Gasteiger partial charge in [0, 0.05) is 225 Å². The van der Waals surface area contributed by atoms with Gasteiger partial charge in [-0.25, -0.2) is 29.9 Å². The molecule has 12 aromatic rings. The van der Waals surface area contributed by atoms with Crippen molar-refractivity contribution in [1.29, 1.82) is 0 Å². The van der Waals surface area contributed by atoms with Crippen LogP contribution in [0.4, 0.5) is 0 Å². The Kier molecular flexibility index (Phi) is 25.9. The van der Waals surface area contributed by atoms with Gasteiger partial charge in [-0.3, -0.25) is 39.0 Å². The van der Waals surface area contributed by atoms with E-state index in [-0.39, 0.29) is 35.8 Å². The Hall–Kier alpha value is -12.0. The van der Waals surface area contributed by atoms with Gasteiger partial charge in [-0.15, -0.1) is 0 Å². The number of morpholine rings is 1. The average Bonchev–Trinajstić information content (AvgIpc) is 1.67. The molecule has 2 atom stereocenters. The number of rotatable bonds is 22. The number of fused-ring (bicyclic) bond motifs is 3. The van der Waals surface area contributed by atoms with E-state index in [4.69, 9.17) is 33.9 Å². The maximum atomic E-state index is 13.0. The number of nitrogens with zero attached hydrogens (tertiary/aromatic N) is 17. The second-order valence-corrected chi connectivity index (χ2v) is 31.5. The summed E-state index contributed by atoms with van der Waals surface area (Å²) in [5.41, 5.74) is 12.3. The van der Waals surface area contributed by atoms with Crippen LogP contribution in [-0.2, 0) is 28.8 Å². The predicted molar refractivity (Wildman–Crippen MR) is 452 cm³/mol. The second-order valence-electron chi connectivity index (χ2n) is 31.5. The zero-order valence-corrected chi connectivity index (χ0v) is 67.8. The van der Waals surface area contributed by atoms with E-state index in [1.807, 2.05) is 123 Å². The Labute approximate surface area is 691 Å². The molecule has 0 spiro atoms. The average molecular weight is 1610 g/mol. The van der Waals surface area contributed by atoms with Crippen molar-refractivity contribution in [3.63, 3.8) is 0 Å². The number of likely N-dealkylation sites (tertiary alicyclic amines) is 1. The number of nitrogens with one attached hydrogen (secondary N) is 3. The van der Waals surface area contributed by atoms with Crippen molar-refractivity contribution >= 4 is 56.3 Å². The van der Waals surface area contributed by atoms with Crippen molar-refractivity contribution in [2.24, 2.45) is 0 Å². The molecule has 616 valence electrons. The Bertz CT molecular complexity index is 5510. The maximum Gasteiger partial charge on any atom is 0.270 e. The number of carbonyl (C=O) groups is 4. The fourth-order valence-corrected chi connectivity index (χ4v) is 15.8. The van der Waals surface area contributed by atoms with Crippen LogP contribution in [0.25, 0.3) is 66.9 Å². The lowest BCUT2D eigenvalue weighted by molar-refractivity contribution is -0.128. The lowest BCUT2D eigenvalue weighted by atomic mass is 9.95. The minimum atomic E-state index is -0.288. The molecule has 5 saturated heterocycles. The second kappa shape index (κ2) is 38.2. The Morgan fingerprint density at radius 1 is 0.429 bits per heavy atom. The molecule has 29 nitrogen and oxygen atoms in total. The standard InChI is InChI=1S/C30H35N7O3.C30H33N7O3.C30H34N6O3/c1-35-8-10-37(11-9-35)30(38)28-20-23-18-22(2-3-25(23)33-28)19-29-32-7-5-26(34-29)27-21-24(4-6-31-27)40-17-14-36-12-15-39-16-13-36;1-35-11-13-37(14-12-35)30(39)27-19-22-17-21(4-5-24(22)33-27)18-28-32-9-7-25(34-28)26-20-23(6-8-31-26)40-16-15-36-10-2-3-29(36)38;1-35-11-13-36(14-12-35)30(38)28-17-21-15-20(5-6-25(21)33-28)16-29-32-10-8-26(34-29)27-19-24(7-9-31-27)39-23-4-2-3-22(37)18-23/h2-7,18,20-21,33H,8-17,19H2,1H3;4-9,17,19-20,33H,2-3,10-16,18H2,1H3;5-10,15,17,19,22-23,33,37H,2-4,11-14,16,18H2,1H3. The zero-order chi connectivity index (χ0) is 81.6. The third-order valence-corrected chi connectivity index (χ3v) is 22.8. The van der Waals surface area contributed by atoms with Crippen molar-refractivity contribution in [3.05, 3.63) is 216 Å². The molecule has 29 heteroatoms. The first-order valence-electron chi connectivity index (χ1n) is 41.4. The number of aliphatic hydroxyl groups is 1. The first kappa shape index (κ1) is 80.8. The monoisotopic (exact) mass is 1610 g/mol. The summed E-state index contributed by atoms with van der Waals surface area (Å²) in [6, 6.07) is 41.1. The van der Waals surface area contributed by atoms with Crippen LogP contribution in [0.2, 0.25) is 0 Å². The molecule has 6 fully saturated rings. The van der Waals surface area contributed by atoms with Gasteiger partial charge in [0.05, 0.1) is 60.0 Å². The summed E-state index contributed by atoms with van der Waals surface area (Å²) in [5.74, 6) is 4.64. The van der Waals surface area contributed by atoms with Crippen molar-refractivity contribution in [3.8, 4) is 51.4 Å². The molecule has 119 heavy (non-hydrogen) atoms. The Balaban J connectivity index is 0.000000133. The van der Waals surface area contributed by atoms with Gasteiger partial charge in [0.2, 0.25) is 5.91 Å². The highest BCUT2D eigenvalue weighted by atomic mass is 16.5. The van der Waals surface area contributed by atoms with Gasteiger partial charge in [0.25, 0.3) is 17.7 Å². The fourth-order valence-electron chi connectivity index (χ4n) is 15.8. The summed E-state index contributed by atoms with van der Waals surface area (Å²) in [6.07, 6.45) is 16.9. The highest BCUT2D eigenvalue weighted by Crippen LogP contribution is 2.30. The number of ether oxygens (including phenoxy) is 4. The Morgan fingerprint density at radius 2 is 0.824 bits per heavy atom. The van der Waals surface area contributed by atoms with Crippen molar-refractivity contribution in [2.75, 3.05) is 159 Å². The normalized spacial score (nSPS) is 17.8. The van der Waals surface area contributed by atoms with Crippen LogP contribution in [-0.4, -0.2) is 299 Å². The molecule has 4 N–H and O–H groups in total. The van der Waals surface area contributed by atoms with Crippen LogP contribution in [0, 0.1) is 0 Å². The van der Waals surface area contributed by atoms with Crippen LogP contribution >= 0.6 is 0 Å². The first-order chi connectivity index (χ1) is 58.1. The van der Waals surface area contributed by atoms with Gasteiger partial charge in [-0.2, -0.15) is 0 Å². The summed E-state index contributed by atoms with van der Waals surface area (Å²) in [5, 5.41) is 13.0. The van der Waals surface area contributed by atoms with Crippen molar-refractivity contribution in [2.45, 2.75) is 70.0 Å². The number of amides is 4. The Morgan fingerprint density at radius 3 is 1.23 bits per heavy atom. The van der Waals surface area contributed by atoms with E-state index >= 15 is 0 Å². The van der Waals surface area contributed by atoms with E-state index in [1.54, 1.807) is 37.2 Å². The summed E-state index contributed by atoms with van der Waals surface area (Å²) in [7, 11) is 6.25. The number of piperazine rings is 3. The number of aromatic nitrogens is 12. The van der Waals surface area contributed by atoms with Crippen LogP contribution in [0.5, 0.6) is 17.2 Å². The summed E-state index contributed by atoms with van der Waals surface area (Å²) in [4.78, 5) is 119. The third-order valence-electron chi connectivity index (χ3n) is 22.8. The van der Waals surface area contributed by atoms with Crippen LogP contribution in [0.1, 0.15) is 104 Å². The van der Waals surface area contributed by atoms with E-state index in [0.717, 1.165) is 227 Å². The number of pyridine rings is 3. The topological polar surface area (TPSA) is 315 Å². The molecular weight excluding hydrogens is 1510 g/mol. The van der Waals surface area contributed by atoms with E-state index < -0.39 is 0 Å². The summed E-state index contributed by atoms with van der Waals surface area (Å²) in [6.45, 7) is 16.6. The minimum Gasteiger partial charge on any atom is -0.492 e. The smallest absolute Gasteiger partial charge is 0.270 e. The predicted octanol–water partition coefficient (Wildman–Crippen LogP) is 9.39. The molecule has 1 aliphatic carbocycles. The number of benzene rings is 3. The first-order valence-corrected chi connectivity index (χ1v) is 41.4. The fraction of sp³-hybridized carbons (Fsp3) is 0.389. The molecule has 5 aliphatic heterocycles. The van der Waals surface area contributed by atoms with Gasteiger partial charge < -0.3 is 73.3 Å². The number of hydrogen-bond acceptors (Lipinski definition) is 22. The van der Waals surface area contributed by atoms with Crippen LogP contribution in [0.15, 0.2) is 165 Å². The van der Waals surface area contributed by atoms with Gasteiger partial charge in [0.1, 0.15) is 71.1 Å². The van der Waals surface area contributed by atoms with Gasteiger partial charge in [-0.1, -0.05) is 18.2 Å². The van der Waals surface area contributed by atoms with Crippen LogP contribution in [0.3, 0.4) is 0 Å². The summed E-state index contributed by atoms with van der Waals surface area (Å²) >= 11 is 0. The largest absolute Gasteiger partial charge is 0.492 e. The van der Waals surface area contributed by atoms with Gasteiger partial charge in [0.15, 0.2) is 0 Å². The van der Waals surface area contributed by atoms with E-state index in [2.05, 4.69) is 110 Å². The number of carbonyl (C=O) groups excluding carboxylic acids is 4. The molecule has 4 amide bonds. The molecule has 14 heterocycles. The number of H-pyrrole nitrogens is 3. The molecule has 3 aromatic carbocycles. The number of hydrogen-bond donors (Lipinski definition) is 4. The summed E-state index contributed by atoms with van der Waals surface area (Å²) < 4.78 is 23.5. The van der Waals surface area contributed by atoms with E-state index in [9.17, 15) is 24.3 Å². The number of aromatic amines is 3. The molecule has 18 rings (SSSR count). The maximum absolute atomic E-state index is 13.0. The van der Waals surface area contributed by atoms with Gasteiger partial charge in [-0.05, 0) is 155 Å². The molecular formula is C90H102N20O9. The lowest BCUT2D eigenvalue weighted by Gasteiger charge is -2.32. The molecule has 0 radical (unpaired) electrons.